The molecule has 2 nitrogen and oxygen atoms in total. The summed E-state index contributed by atoms with van der Waals surface area (Å²) in [6.07, 6.45) is 7.68. The van der Waals surface area contributed by atoms with Crippen LogP contribution in [0, 0.1) is 11.8 Å². The van der Waals surface area contributed by atoms with Gasteiger partial charge in [-0.15, -0.1) is 0 Å². The topological polar surface area (TPSA) is 18.5 Å². The molecule has 0 spiro atoms. The van der Waals surface area contributed by atoms with Gasteiger partial charge in [0.25, 0.3) is 0 Å². The first-order valence-corrected chi connectivity index (χ1v) is 7.56. The molecule has 0 aromatic heterocycles. The third-order valence-electron chi connectivity index (χ3n) is 4.23. The summed E-state index contributed by atoms with van der Waals surface area (Å²) in [4.78, 5) is 0. The van der Waals surface area contributed by atoms with E-state index < -0.39 is 0 Å². The minimum Gasteiger partial charge on any atom is -0.350 e. The fraction of sp³-hybridized carbons (Fsp3) is 0.875. The first kappa shape index (κ1) is 14.1. The third kappa shape index (κ3) is 4.10. The fourth-order valence-electron chi connectivity index (χ4n) is 3.34. The van der Waals surface area contributed by atoms with Crippen LogP contribution >= 0.6 is 0 Å². The molecule has 0 radical (unpaired) electrons. The molecule has 0 N–H and O–H groups in total. The molecule has 0 aromatic carbocycles. The molecule has 1 saturated heterocycles. The highest BCUT2D eigenvalue weighted by atomic mass is 16.7. The highest BCUT2D eigenvalue weighted by Gasteiger charge is 2.21. The van der Waals surface area contributed by atoms with Crippen LogP contribution < -0.4 is 0 Å². The maximum Gasteiger partial charge on any atom is 0.158 e. The van der Waals surface area contributed by atoms with Crippen LogP contribution in [0.25, 0.3) is 0 Å². The Balaban J connectivity index is 1.78. The van der Waals surface area contributed by atoms with Gasteiger partial charge in [-0.25, -0.2) is 0 Å². The van der Waals surface area contributed by atoms with Crippen LogP contribution in [0.5, 0.6) is 0 Å². The molecule has 1 heterocycles. The largest absolute Gasteiger partial charge is 0.350 e. The maximum absolute atomic E-state index is 5.51. The van der Waals surface area contributed by atoms with E-state index in [4.69, 9.17) is 9.47 Å². The van der Waals surface area contributed by atoms with E-state index in [-0.39, 0.29) is 6.29 Å². The Morgan fingerprint density at radius 1 is 1.22 bits per heavy atom. The third-order valence-corrected chi connectivity index (χ3v) is 4.23. The molecule has 104 valence electrons. The molecule has 0 bridgehead atoms. The Morgan fingerprint density at radius 2 is 1.94 bits per heavy atom. The van der Waals surface area contributed by atoms with Gasteiger partial charge in [0.2, 0.25) is 0 Å². The van der Waals surface area contributed by atoms with E-state index in [1.807, 2.05) is 0 Å². The first-order chi connectivity index (χ1) is 8.65. The smallest absolute Gasteiger partial charge is 0.158 e. The van der Waals surface area contributed by atoms with Crippen LogP contribution in [-0.4, -0.2) is 19.5 Å². The van der Waals surface area contributed by atoms with Crippen molar-refractivity contribution in [1.29, 1.82) is 0 Å². The van der Waals surface area contributed by atoms with E-state index in [0.717, 1.165) is 31.5 Å². The van der Waals surface area contributed by atoms with Crippen molar-refractivity contribution in [3.63, 3.8) is 0 Å². The zero-order valence-corrected chi connectivity index (χ0v) is 12.2. The van der Waals surface area contributed by atoms with Gasteiger partial charge in [-0.2, -0.15) is 0 Å². The zero-order valence-electron chi connectivity index (χ0n) is 12.2. The predicted octanol–water partition coefficient (Wildman–Crippen LogP) is 4.30. The number of rotatable bonds is 5. The highest BCUT2D eigenvalue weighted by molar-refractivity contribution is 5.16. The van der Waals surface area contributed by atoms with Crippen molar-refractivity contribution in [2.24, 2.45) is 11.8 Å². The van der Waals surface area contributed by atoms with Crippen LogP contribution in [0.15, 0.2) is 11.1 Å². The second kappa shape index (κ2) is 6.72. The second-order valence-corrected chi connectivity index (χ2v) is 6.33. The molecule has 0 saturated carbocycles. The molecular formula is C16H28O2. The van der Waals surface area contributed by atoms with Gasteiger partial charge in [0.1, 0.15) is 0 Å². The highest BCUT2D eigenvalue weighted by Crippen LogP contribution is 2.35. The Kier molecular flexibility index (Phi) is 5.25. The Labute approximate surface area is 112 Å². The summed E-state index contributed by atoms with van der Waals surface area (Å²) in [6.45, 7) is 8.56. The Hall–Kier alpha value is -0.340. The minimum atomic E-state index is 0.0682. The number of ether oxygens (including phenoxy) is 2. The molecule has 1 unspecified atom stereocenters. The predicted molar refractivity (Wildman–Crippen MR) is 74.4 cm³/mol. The van der Waals surface area contributed by atoms with Gasteiger partial charge in [-0.05, 0) is 50.9 Å². The summed E-state index contributed by atoms with van der Waals surface area (Å²) in [6, 6.07) is 0. The van der Waals surface area contributed by atoms with Gasteiger partial charge < -0.3 is 9.47 Å². The SMILES string of the molecule is CC1=C(CCC2OCCO2)CCC(CC(C)C)C1. The van der Waals surface area contributed by atoms with E-state index in [0.29, 0.717) is 0 Å². The number of hydrogen-bond donors (Lipinski definition) is 0. The van der Waals surface area contributed by atoms with E-state index >= 15 is 0 Å². The van der Waals surface area contributed by atoms with Crippen LogP contribution in [0.2, 0.25) is 0 Å². The number of allylic oxidation sites excluding steroid dienone is 2. The van der Waals surface area contributed by atoms with Crippen molar-refractivity contribution < 1.29 is 9.47 Å². The number of hydrogen-bond acceptors (Lipinski definition) is 2. The molecule has 1 aliphatic heterocycles. The standard InChI is InChI=1S/C16H28O2/c1-12(2)10-14-4-5-15(13(3)11-14)6-7-16-17-8-9-18-16/h12,14,16H,4-11H2,1-3H3. The Morgan fingerprint density at radius 3 is 2.56 bits per heavy atom. The normalized spacial score (nSPS) is 26.3. The summed E-state index contributed by atoms with van der Waals surface area (Å²) in [5.74, 6) is 1.76. The van der Waals surface area contributed by atoms with Crippen molar-refractivity contribution >= 4 is 0 Å². The van der Waals surface area contributed by atoms with Gasteiger partial charge >= 0.3 is 0 Å². The monoisotopic (exact) mass is 252 g/mol. The zero-order chi connectivity index (χ0) is 13.0. The van der Waals surface area contributed by atoms with Crippen molar-refractivity contribution in [2.45, 2.75) is 65.6 Å². The maximum atomic E-state index is 5.51. The van der Waals surface area contributed by atoms with Crippen LogP contribution in [0.1, 0.15) is 59.3 Å². The summed E-state index contributed by atoms with van der Waals surface area (Å²) < 4.78 is 11.0. The first-order valence-electron chi connectivity index (χ1n) is 7.56. The van der Waals surface area contributed by atoms with Crippen molar-refractivity contribution in [3.8, 4) is 0 Å². The lowest BCUT2D eigenvalue weighted by molar-refractivity contribution is -0.0463. The lowest BCUT2D eigenvalue weighted by atomic mass is 9.79. The Bertz CT molecular complexity index is 287. The molecule has 1 fully saturated rings. The minimum absolute atomic E-state index is 0.0682. The molecule has 0 amide bonds. The molecule has 1 atom stereocenters. The molecule has 18 heavy (non-hydrogen) atoms. The molecule has 2 rings (SSSR count). The second-order valence-electron chi connectivity index (χ2n) is 6.33. The van der Waals surface area contributed by atoms with Crippen molar-refractivity contribution in [2.75, 3.05) is 13.2 Å². The van der Waals surface area contributed by atoms with E-state index in [1.54, 1.807) is 11.1 Å². The molecule has 0 aromatic rings. The lowest BCUT2D eigenvalue weighted by Crippen LogP contribution is -2.13. The quantitative estimate of drug-likeness (QED) is 0.679. The van der Waals surface area contributed by atoms with Crippen LogP contribution in [0.4, 0.5) is 0 Å². The van der Waals surface area contributed by atoms with Gasteiger partial charge in [0, 0.05) is 6.42 Å². The van der Waals surface area contributed by atoms with Crippen LogP contribution in [-0.2, 0) is 9.47 Å². The van der Waals surface area contributed by atoms with Crippen molar-refractivity contribution in [3.05, 3.63) is 11.1 Å². The van der Waals surface area contributed by atoms with Gasteiger partial charge in [-0.1, -0.05) is 25.0 Å². The molecule has 2 heteroatoms. The summed E-state index contributed by atoms with van der Waals surface area (Å²) >= 11 is 0. The molecule has 2 aliphatic rings. The van der Waals surface area contributed by atoms with Gasteiger partial charge in [0.05, 0.1) is 13.2 Å². The fourth-order valence-corrected chi connectivity index (χ4v) is 3.34. The average molecular weight is 252 g/mol. The van der Waals surface area contributed by atoms with Gasteiger partial charge in [0.15, 0.2) is 6.29 Å². The lowest BCUT2D eigenvalue weighted by Gasteiger charge is -2.27. The molecular weight excluding hydrogens is 224 g/mol. The van der Waals surface area contributed by atoms with Crippen molar-refractivity contribution in [1.82, 2.24) is 0 Å². The summed E-state index contributed by atoms with van der Waals surface area (Å²) in [5.41, 5.74) is 3.32. The molecule has 1 aliphatic carbocycles. The van der Waals surface area contributed by atoms with E-state index in [1.165, 1.54) is 32.1 Å². The average Bonchev–Trinajstić information content (AvgIpc) is 2.80. The van der Waals surface area contributed by atoms with Crippen LogP contribution in [0.3, 0.4) is 0 Å². The summed E-state index contributed by atoms with van der Waals surface area (Å²) in [7, 11) is 0. The van der Waals surface area contributed by atoms with E-state index in [2.05, 4.69) is 20.8 Å². The van der Waals surface area contributed by atoms with E-state index in [9.17, 15) is 0 Å². The van der Waals surface area contributed by atoms with Gasteiger partial charge in [-0.3, -0.25) is 0 Å². The summed E-state index contributed by atoms with van der Waals surface area (Å²) in [5, 5.41) is 0.